The number of benzene rings is 2. The maximum Gasteiger partial charge on any atom is 0.308 e. The second kappa shape index (κ2) is 6.66. The molecule has 0 fully saturated rings. The van der Waals surface area contributed by atoms with Crippen LogP contribution < -0.4 is 4.74 Å². The van der Waals surface area contributed by atoms with Crippen molar-refractivity contribution >= 4 is 12.3 Å². The topological polar surface area (TPSA) is 43.4 Å². The largest absolute Gasteiger partial charge is 0.427 e. The molecular weight excluding hydrogens is 252 g/mol. The van der Waals surface area contributed by atoms with Gasteiger partial charge in [0.15, 0.2) is 0 Å². The highest BCUT2D eigenvalue weighted by molar-refractivity contribution is 5.70. The van der Waals surface area contributed by atoms with E-state index in [1.54, 1.807) is 12.1 Å². The number of aryl methyl sites for hydroxylation is 1. The third kappa shape index (κ3) is 3.79. The number of ether oxygens (including phenoxy) is 1. The summed E-state index contributed by atoms with van der Waals surface area (Å²) in [6.07, 6.45) is 2.22. The average Bonchev–Trinajstić information content (AvgIpc) is 2.45. The minimum atomic E-state index is -0.325. The van der Waals surface area contributed by atoms with Crippen molar-refractivity contribution in [3.63, 3.8) is 0 Å². The van der Waals surface area contributed by atoms with Gasteiger partial charge < -0.3 is 9.53 Å². The molecule has 0 spiro atoms. The van der Waals surface area contributed by atoms with Crippen molar-refractivity contribution in [2.75, 3.05) is 0 Å². The van der Waals surface area contributed by atoms with Crippen LogP contribution in [-0.4, -0.2) is 12.3 Å². The second-order valence-corrected chi connectivity index (χ2v) is 4.52. The van der Waals surface area contributed by atoms with Crippen molar-refractivity contribution in [2.45, 2.75) is 19.8 Å². The zero-order chi connectivity index (χ0) is 14.4. The summed E-state index contributed by atoms with van der Waals surface area (Å²) >= 11 is 0. The van der Waals surface area contributed by atoms with E-state index >= 15 is 0 Å². The average molecular weight is 268 g/mol. The van der Waals surface area contributed by atoms with Gasteiger partial charge in [-0.05, 0) is 35.2 Å². The molecule has 0 heterocycles. The van der Waals surface area contributed by atoms with Crippen molar-refractivity contribution in [1.29, 1.82) is 0 Å². The number of esters is 1. The Hall–Kier alpha value is -2.42. The van der Waals surface area contributed by atoms with Gasteiger partial charge in [0.05, 0.1) is 0 Å². The fraction of sp³-hybridized carbons (Fsp3) is 0.176. The first-order valence-corrected chi connectivity index (χ1v) is 6.50. The van der Waals surface area contributed by atoms with Crippen LogP contribution in [0.2, 0.25) is 0 Å². The lowest BCUT2D eigenvalue weighted by Crippen LogP contribution is -2.00. The second-order valence-electron chi connectivity index (χ2n) is 4.52. The molecule has 102 valence electrons. The molecule has 0 saturated heterocycles. The molecule has 0 amide bonds. The molecule has 2 rings (SSSR count). The van der Waals surface area contributed by atoms with E-state index in [-0.39, 0.29) is 5.97 Å². The van der Waals surface area contributed by atoms with Crippen molar-refractivity contribution in [2.24, 2.45) is 0 Å². The Morgan fingerprint density at radius 2 is 1.85 bits per heavy atom. The summed E-state index contributed by atoms with van der Waals surface area (Å²) in [6, 6.07) is 15.5. The molecule has 2 aromatic carbocycles. The number of hydrogen-bond acceptors (Lipinski definition) is 3. The van der Waals surface area contributed by atoms with Crippen LogP contribution in [0.25, 0.3) is 11.1 Å². The van der Waals surface area contributed by atoms with E-state index in [9.17, 15) is 9.59 Å². The molecule has 20 heavy (non-hydrogen) atoms. The molecule has 0 bridgehead atoms. The van der Waals surface area contributed by atoms with E-state index in [0.29, 0.717) is 12.2 Å². The molecule has 0 aliphatic heterocycles. The van der Waals surface area contributed by atoms with E-state index in [1.807, 2.05) is 30.3 Å². The van der Waals surface area contributed by atoms with Gasteiger partial charge in [0.25, 0.3) is 0 Å². The van der Waals surface area contributed by atoms with Gasteiger partial charge in [-0.15, -0.1) is 0 Å². The SMILES string of the molecule is CC(=O)Oc1ccc(-c2cccc(CCC=O)c2)cc1. The van der Waals surface area contributed by atoms with Gasteiger partial charge in [-0.25, -0.2) is 0 Å². The van der Waals surface area contributed by atoms with Crippen LogP contribution in [0.4, 0.5) is 0 Å². The number of rotatable bonds is 5. The Bertz CT molecular complexity index is 600. The first kappa shape index (κ1) is 14.0. The maximum absolute atomic E-state index is 10.9. The van der Waals surface area contributed by atoms with E-state index in [0.717, 1.165) is 29.4 Å². The highest BCUT2D eigenvalue weighted by atomic mass is 16.5. The van der Waals surface area contributed by atoms with E-state index in [4.69, 9.17) is 4.74 Å². The standard InChI is InChI=1S/C17H16O3/c1-13(19)20-17-9-7-15(8-10-17)16-6-2-4-14(12-16)5-3-11-18/h2,4,6-12H,3,5H2,1H3. The molecule has 2 aromatic rings. The Balaban J connectivity index is 2.18. The molecule has 3 nitrogen and oxygen atoms in total. The van der Waals surface area contributed by atoms with E-state index < -0.39 is 0 Å². The van der Waals surface area contributed by atoms with Gasteiger partial charge in [-0.2, -0.15) is 0 Å². The summed E-state index contributed by atoms with van der Waals surface area (Å²) in [5.74, 6) is 0.215. The molecule has 0 aromatic heterocycles. The highest BCUT2D eigenvalue weighted by Crippen LogP contribution is 2.23. The van der Waals surface area contributed by atoms with Gasteiger partial charge in [0.1, 0.15) is 12.0 Å². The van der Waals surface area contributed by atoms with Gasteiger partial charge in [0.2, 0.25) is 0 Å². The third-order valence-corrected chi connectivity index (χ3v) is 2.93. The van der Waals surface area contributed by atoms with Crippen molar-refractivity contribution in [3.8, 4) is 16.9 Å². The number of carbonyl (C=O) groups excluding carboxylic acids is 2. The minimum absolute atomic E-state index is 0.325. The van der Waals surface area contributed by atoms with Crippen LogP contribution in [0.1, 0.15) is 18.9 Å². The summed E-state index contributed by atoms with van der Waals surface area (Å²) in [5, 5.41) is 0. The van der Waals surface area contributed by atoms with Crippen LogP contribution in [0.5, 0.6) is 5.75 Å². The zero-order valence-electron chi connectivity index (χ0n) is 11.3. The van der Waals surface area contributed by atoms with E-state index in [2.05, 4.69) is 6.07 Å². The molecule has 0 unspecified atom stereocenters. The lowest BCUT2D eigenvalue weighted by Gasteiger charge is -2.06. The molecule has 0 atom stereocenters. The summed E-state index contributed by atoms with van der Waals surface area (Å²) < 4.78 is 5.00. The van der Waals surface area contributed by atoms with Crippen LogP contribution >= 0.6 is 0 Å². The fourth-order valence-corrected chi connectivity index (χ4v) is 2.01. The first-order chi connectivity index (χ1) is 9.69. The molecule has 0 saturated carbocycles. The predicted octanol–water partition coefficient (Wildman–Crippen LogP) is 3.41. The lowest BCUT2D eigenvalue weighted by atomic mass is 10.0. The molecule has 0 aliphatic rings. The van der Waals surface area contributed by atoms with Gasteiger partial charge in [0, 0.05) is 13.3 Å². The molecule has 3 heteroatoms. The molecular formula is C17H16O3. The van der Waals surface area contributed by atoms with Crippen LogP contribution in [-0.2, 0) is 16.0 Å². The monoisotopic (exact) mass is 268 g/mol. The molecule has 0 radical (unpaired) electrons. The summed E-state index contributed by atoms with van der Waals surface area (Å²) in [4.78, 5) is 21.3. The maximum atomic E-state index is 10.9. The molecule has 0 aliphatic carbocycles. The Morgan fingerprint density at radius 3 is 2.50 bits per heavy atom. The summed E-state index contributed by atoms with van der Waals surface area (Å²) in [5.41, 5.74) is 3.27. The van der Waals surface area contributed by atoms with Crippen LogP contribution in [0.15, 0.2) is 48.5 Å². The Labute approximate surface area is 118 Å². The van der Waals surface area contributed by atoms with Crippen molar-refractivity contribution in [1.82, 2.24) is 0 Å². The predicted molar refractivity (Wildman–Crippen MR) is 77.6 cm³/mol. The number of carbonyl (C=O) groups is 2. The smallest absolute Gasteiger partial charge is 0.308 e. The normalized spacial score (nSPS) is 10.1. The van der Waals surface area contributed by atoms with Gasteiger partial charge in [-0.3, -0.25) is 4.79 Å². The summed E-state index contributed by atoms with van der Waals surface area (Å²) in [7, 11) is 0. The zero-order valence-corrected chi connectivity index (χ0v) is 11.3. The molecule has 0 N–H and O–H groups in total. The number of aldehydes is 1. The van der Waals surface area contributed by atoms with Gasteiger partial charge in [-0.1, -0.05) is 36.4 Å². The highest BCUT2D eigenvalue weighted by Gasteiger charge is 2.02. The number of hydrogen-bond donors (Lipinski definition) is 0. The Morgan fingerprint density at radius 1 is 1.10 bits per heavy atom. The fourth-order valence-electron chi connectivity index (χ4n) is 2.01. The van der Waals surface area contributed by atoms with Crippen molar-refractivity contribution in [3.05, 3.63) is 54.1 Å². The van der Waals surface area contributed by atoms with Crippen LogP contribution in [0, 0.1) is 0 Å². The van der Waals surface area contributed by atoms with Crippen molar-refractivity contribution < 1.29 is 14.3 Å². The van der Waals surface area contributed by atoms with E-state index in [1.165, 1.54) is 6.92 Å². The first-order valence-electron chi connectivity index (χ1n) is 6.50. The quantitative estimate of drug-likeness (QED) is 0.474. The third-order valence-electron chi connectivity index (χ3n) is 2.93. The van der Waals surface area contributed by atoms with Gasteiger partial charge >= 0.3 is 5.97 Å². The lowest BCUT2D eigenvalue weighted by molar-refractivity contribution is -0.131. The Kier molecular flexibility index (Phi) is 4.66. The summed E-state index contributed by atoms with van der Waals surface area (Å²) in [6.45, 7) is 1.38. The van der Waals surface area contributed by atoms with Crippen LogP contribution in [0.3, 0.4) is 0 Å². The minimum Gasteiger partial charge on any atom is -0.427 e.